The highest BCUT2D eigenvalue weighted by atomic mass is 35.5. The summed E-state index contributed by atoms with van der Waals surface area (Å²) in [6.45, 7) is 4.11. The first-order valence-electron chi connectivity index (χ1n) is 13.0. The van der Waals surface area contributed by atoms with Gasteiger partial charge in [-0.15, -0.1) is 0 Å². The number of benzene rings is 3. The van der Waals surface area contributed by atoms with E-state index in [1.54, 1.807) is 47.4 Å². The van der Waals surface area contributed by atoms with E-state index in [1.165, 1.54) is 7.11 Å². The predicted octanol–water partition coefficient (Wildman–Crippen LogP) is 6.19. The van der Waals surface area contributed by atoms with E-state index in [1.807, 2.05) is 32.0 Å². The van der Waals surface area contributed by atoms with Crippen LogP contribution in [-0.4, -0.2) is 37.4 Å². The molecule has 4 rings (SSSR count). The minimum Gasteiger partial charge on any atom is -0.469 e. The largest absolute Gasteiger partial charge is 0.469 e. The van der Waals surface area contributed by atoms with Crippen LogP contribution in [0.4, 0.5) is 11.4 Å². The second-order valence-electron chi connectivity index (χ2n) is 9.66. The fourth-order valence-electron chi connectivity index (χ4n) is 4.75. The van der Waals surface area contributed by atoms with E-state index >= 15 is 0 Å². The fraction of sp³-hybridized carbons (Fsp3) is 0.290. The number of halogens is 1. The van der Waals surface area contributed by atoms with Crippen molar-refractivity contribution in [1.82, 2.24) is 0 Å². The zero-order valence-electron chi connectivity index (χ0n) is 22.7. The van der Waals surface area contributed by atoms with Crippen LogP contribution in [0.15, 0.2) is 60.7 Å². The Balaban J connectivity index is 1.55. The molecule has 0 aromatic heterocycles. The summed E-state index contributed by atoms with van der Waals surface area (Å²) in [5.74, 6) is -1.45. The molecule has 1 unspecified atom stereocenters. The van der Waals surface area contributed by atoms with Crippen LogP contribution in [0.5, 0.6) is 0 Å². The van der Waals surface area contributed by atoms with E-state index in [-0.39, 0.29) is 24.7 Å². The summed E-state index contributed by atoms with van der Waals surface area (Å²) in [4.78, 5) is 52.1. The third-order valence-corrected chi connectivity index (χ3v) is 7.09. The number of hydrogen-bond donors (Lipinski definition) is 1. The van der Waals surface area contributed by atoms with E-state index in [4.69, 9.17) is 16.3 Å². The maximum Gasteiger partial charge on any atom is 0.306 e. The van der Waals surface area contributed by atoms with Crippen molar-refractivity contribution in [3.05, 3.63) is 93.5 Å². The van der Waals surface area contributed by atoms with Gasteiger partial charge in [-0.25, -0.2) is 0 Å². The Morgan fingerprint density at radius 3 is 2.40 bits per heavy atom. The van der Waals surface area contributed by atoms with Gasteiger partial charge in [-0.1, -0.05) is 29.8 Å². The number of aryl methyl sites for hydroxylation is 2. The number of nitrogens with one attached hydrogen (secondary N) is 1. The van der Waals surface area contributed by atoms with Crippen molar-refractivity contribution in [3.63, 3.8) is 0 Å². The van der Waals surface area contributed by atoms with Crippen LogP contribution in [0, 0.1) is 13.8 Å². The van der Waals surface area contributed by atoms with Gasteiger partial charge in [0.25, 0.3) is 11.8 Å². The van der Waals surface area contributed by atoms with Crippen LogP contribution >= 0.6 is 11.6 Å². The van der Waals surface area contributed by atoms with Gasteiger partial charge in [0, 0.05) is 33.9 Å². The van der Waals surface area contributed by atoms with Crippen LogP contribution in [0.2, 0.25) is 5.02 Å². The summed E-state index contributed by atoms with van der Waals surface area (Å²) in [5, 5.41) is 3.36. The number of ether oxygens (including phenoxy) is 2. The minimum atomic E-state index is -0.614. The SMILES string of the molecule is COC(=O)CCC(=O)OC1CCCN(C(=O)c2ccc(NC(=O)c3ccccc3C)cc2C)c2ccc(Cl)cc21. The van der Waals surface area contributed by atoms with E-state index in [0.29, 0.717) is 58.0 Å². The van der Waals surface area contributed by atoms with Gasteiger partial charge in [-0.05, 0) is 80.3 Å². The van der Waals surface area contributed by atoms with Gasteiger partial charge < -0.3 is 19.7 Å². The molecule has 1 heterocycles. The summed E-state index contributed by atoms with van der Waals surface area (Å²) in [7, 11) is 1.26. The molecule has 1 aliphatic heterocycles. The van der Waals surface area contributed by atoms with Crippen LogP contribution < -0.4 is 10.2 Å². The molecule has 1 N–H and O–H groups in total. The fourth-order valence-corrected chi connectivity index (χ4v) is 4.93. The normalized spacial score (nSPS) is 14.5. The first-order chi connectivity index (χ1) is 19.2. The molecule has 0 radical (unpaired) electrons. The summed E-state index contributed by atoms with van der Waals surface area (Å²) in [5.41, 5.74) is 4.47. The zero-order chi connectivity index (χ0) is 28.8. The number of anilines is 2. The molecule has 3 aromatic carbocycles. The Morgan fingerprint density at radius 2 is 1.68 bits per heavy atom. The number of fused-ring (bicyclic) bond motifs is 1. The number of rotatable bonds is 7. The van der Waals surface area contributed by atoms with Crippen LogP contribution in [0.3, 0.4) is 0 Å². The molecule has 0 saturated heterocycles. The number of methoxy groups -OCH3 is 1. The minimum absolute atomic E-state index is 0.0737. The van der Waals surface area contributed by atoms with Gasteiger partial charge in [-0.2, -0.15) is 0 Å². The van der Waals surface area contributed by atoms with Gasteiger partial charge in [0.2, 0.25) is 0 Å². The average Bonchev–Trinajstić information content (AvgIpc) is 3.10. The quantitative estimate of drug-likeness (QED) is 0.345. The second kappa shape index (κ2) is 12.8. The Bertz CT molecular complexity index is 1450. The molecule has 3 aromatic rings. The van der Waals surface area contributed by atoms with Gasteiger partial charge in [0.05, 0.1) is 25.6 Å². The van der Waals surface area contributed by atoms with Crippen LogP contribution in [-0.2, 0) is 19.1 Å². The third-order valence-electron chi connectivity index (χ3n) is 6.86. The van der Waals surface area contributed by atoms with E-state index in [0.717, 1.165) is 5.56 Å². The average molecular weight is 563 g/mol. The number of amides is 2. The molecule has 8 nitrogen and oxygen atoms in total. The highest BCUT2D eigenvalue weighted by molar-refractivity contribution is 6.30. The molecule has 9 heteroatoms. The molecular formula is C31H31ClN2O6. The van der Waals surface area contributed by atoms with Crippen LogP contribution in [0.1, 0.15) is 69.2 Å². The van der Waals surface area contributed by atoms with Crippen LogP contribution in [0.25, 0.3) is 0 Å². The molecule has 0 bridgehead atoms. The molecule has 1 aliphatic rings. The molecular weight excluding hydrogens is 532 g/mol. The Kier molecular flexibility index (Phi) is 9.22. The standard InChI is InChI=1S/C31H31ClN2O6/c1-19-7-4-5-8-23(19)30(37)33-22-11-12-24(20(2)17-22)31(38)34-16-6-9-27(25-18-21(32)10-13-26(25)34)40-29(36)15-14-28(35)39-3/h4-5,7-8,10-13,17-18,27H,6,9,14-16H2,1-3H3,(H,33,37). The highest BCUT2D eigenvalue weighted by Crippen LogP contribution is 2.38. The molecule has 40 heavy (non-hydrogen) atoms. The first-order valence-corrected chi connectivity index (χ1v) is 13.4. The van der Waals surface area contributed by atoms with E-state index < -0.39 is 18.0 Å². The molecule has 0 aliphatic carbocycles. The van der Waals surface area contributed by atoms with Crippen molar-refractivity contribution in [3.8, 4) is 0 Å². The van der Waals surface area contributed by atoms with Crippen molar-refractivity contribution in [2.24, 2.45) is 0 Å². The lowest BCUT2D eigenvalue weighted by Gasteiger charge is -2.25. The number of esters is 2. The topological polar surface area (TPSA) is 102 Å². The molecule has 1 atom stereocenters. The van der Waals surface area contributed by atoms with Gasteiger partial charge in [0.15, 0.2) is 0 Å². The number of hydrogen-bond acceptors (Lipinski definition) is 6. The third kappa shape index (κ3) is 6.69. The van der Waals surface area contributed by atoms with Crippen molar-refractivity contribution < 1.29 is 28.7 Å². The number of carbonyl (C=O) groups is 4. The lowest BCUT2D eigenvalue weighted by Crippen LogP contribution is -2.32. The molecule has 208 valence electrons. The Morgan fingerprint density at radius 1 is 0.925 bits per heavy atom. The molecule has 0 fully saturated rings. The van der Waals surface area contributed by atoms with E-state index in [9.17, 15) is 19.2 Å². The first kappa shape index (κ1) is 28.8. The number of carbonyl (C=O) groups excluding carboxylic acids is 4. The maximum absolute atomic E-state index is 13.8. The van der Waals surface area contributed by atoms with Crippen molar-refractivity contribution in [2.45, 2.75) is 45.6 Å². The van der Waals surface area contributed by atoms with Gasteiger partial charge >= 0.3 is 11.9 Å². The second-order valence-corrected chi connectivity index (χ2v) is 10.1. The zero-order valence-corrected chi connectivity index (χ0v) is 23.4. The summed E-state index contributed by atoms with van der Waals surface area (Å²) in [6, 6.07) is 17.7. The summed E-state index contributed by atoms with van der Waals surface area (Å²) >= 11 is 6.30. The monoisotopic (exact) mass is 562 g/mol. The highest BCUT2D eigenvalue weighted by Gasteiger charge is 2.30. The molecule has 0 spiro atoms. The van der Waals surface area contributed by atoms with E-state index in [2.05, 4.69) is 10.1 Å². The Hall–Kier alpha value is -4.17. The predicted molar refractivity (Wildman–Crippen MR) is 153 cm³/mol. The molecule has 0 saturated carbocycles. The van der Waals surface area contributed by atoms with Crippen molar-refractivity contribution >= 4 is 46.7 Å². The van der Waals surface area contributed by atoms with Crippen molar-refractivity contribution in [2.75, 3.05) is 23.9 Å². The van der Waals surface area contributed by atoms with Gasteiger partial charge in [-0.3, -0.25) is 19.2 Å². The van der Waals surface area contributed by atoms with Crippen molar-refractivity contribution in [1.29, 1.82) is 0 Å². The Labute approximate surface area is 238 Å². The van der Waals surface area contributed by atoms with Gasteiger partial charge in [0.1, 0.15) is 6.10 Å². The molecule has 2 amide bonds. The number of nitrogens with zero attached hydrogens (tertiary/aromatic N) is 1. The lowest BCUT2D eigenvalue weighted by atomic mass is 10.0. The lowest BCUT2D eigenvalue weighted by molar-refractivity contribution is -0.153. The maximum atomic E-state index is 13.8. The summed E-state index contributed by atoms with van der Waals surface area (Å²) in [6.07, 6.45) is 0.279. The summed E-state index contributed by atoms with van der Waals surface area (Å²) < 4.78 is 10.3. The smallest absolute Gasteiger partial charge is 0.306 e.